The average molecular weight is 179 g/mol. The third-order valence-corrected chi connectivity index (χ3v) is 1.42. The maximum atomic E-state index is 9.03. The molecule has 0 rings (SSSR count). The molecule has 4 N–H and O–H groups in total. The van der Waals surface area contributed by atoms with E-state index in [1.54, 1.807) is 0 Å². The number of aliphatic hydroxyl groups is 2. The molecule has 0 amide bonds. The largest absolute Gasteiger partial charge is 0.391 e. The minimum Gasteiger partial charge on any atom is -0.391 e. The second-order valence-electron chi connectivity index (χ2n) is 2.62. The van der Waals surface area contributed by atoms with Crippen LogP contribution in [-0.4, -0.2) is 47.4 Å². The maximum absolute atomic E-state index is 9.03. The monoisotopic (exact) mass is 179 g/mol. The Labute approximate surface area is 71.9 Å². The highest BCUT2D eigenvalue weighted by molar-refractivity contribution is 4.55. The summed E-state index contributed by atoms with van der Waals surface area (Å²) in [5, 5.41) is 26.2. The Kier molecular flexibility index (Phi) is 7.33. The lowest BCUT2D eigenvalue weighted by Gasteiger charge is -2.12. The molecular formula is C7H17NO4. The fraction of sp³-hybridized carbons (Fsp3) is 1.00. The van der Waals surface area contributed by atoms with Crippen molar-refractivity contribution in [3.63, 3.8) is 0 Å². The molecule has 0 spiro atoms. The van der Waals surface area contributed by atoms with Crippen molar-refractivity contribution < 1.29 is 20.2 Å². The highest BCUT2D eigenvalue weighted by Gasteiger charge is 2.05. The van der Waals surface area contributed by atoms with Gasteiger partial charge in [-0.2, -0.15) is 0 Å². The van der Waals surface area contributed by atoms with Gasteiger partial charge in [0, 0.05) is 6.54 Å². The second-order valence-corrected chi connectivity index (χ2v) is 2.62. The van der Waals surface area contributed by atoms with E-state index in [-0.39, 0.29) is 19.8 Å². The molecule has 2 unspecified atom stereocenters. The first kappa shape index (κ1) is 11.8. The molecular weight excluding hydrogens is 162 g/mol. The normalized spacial score (nSPS) is 16.0. The summed E-state index contributed by atoms with van der Waals surface area (Å²) in [7, 11) is 0. The van der Waals surface area contributed by atoms with Crippen molar-refractivity contribution in [2.24, 2.45) is 0 Å². The molecule has 0 saturated heterocycles. The fourth-order valence-electron chi connectivity index (χ4n) is 0.622. The minimum atomic E-state index is -0.737. The molecule has 12 heavy (non-hydrogen) atoms. The van der Waals surface area contributed by atoms with Gasteiger partial charge in [-0.05, 0) is 6.42 Å². The lowest BCUT2D eigenvalue weighted by Crippen LogP contribution is -2.29. The third-order valence-electron chi connectivity index (χ3n) is 1.42. The molecule has 0 aromatic rings. The summed E-state index contributed by atoms with van der Waals surface area (Å²) < 4.78 is 4.95. The van der Waals surface area contributed by atoms with Gasteiger partial charge in [-0.25, -0.2) is 5.48 Å². The lowest BCUT2D eigenvalue weighted by molar-refractivity contribution is -0.0177. The van der Waals surface area contributed by atoms with Crippen LogP contribution in [0.15, 0.2) is 0 Å². The van der Waals surface area contributed by atoms with E-state index in [4.69, 9.17) is 20.2 Å². The highest BCUT2D eigenvalue weighted by atomic mass is 16.5. The topological polar surface area (TPSA) is 82.0 Å². The Morgan fingerprint density at radius 2 is 1.83 bits per heavy atom. The maximum Gasteiger partial charge on any atom is 0.0920 e. The molecule has 0 heterocycles. The van der Waals surface area contributed by atoms with Crippen LogP contribution in [0.25, 0.3) is 0 Å². The fourth-order valence-corrected chi connectivity index (χ4v) is 0.622. The van der Waals surface area contributed by atoms with Crippen LogP contribution < -0.4 is 5.48 Å². The minimum absolute atomic E-state index is 0.0716. The summed E-state index contributed by atoms with van der Waals surface area (Å²) in [6.07, 6.45) is -0.577. The number of hydrogen-bond acceptors (Lipinski definition) is 5. The number of rotatable bonds is 7. The van der Waals surface area contributed by atoms with Crippen molar-refractivity contribution in [3.05, 3.63) is 0 Å². The Hall–Kier alpha value is -0.200. The number of ether oxygens (including phenoxy) is 1. The molecule has 5 nitrogen and oxygen atoms in total. The summed E-state index contributed by atoms with van der Waals surface area (Å²) in [6, 6.07) is 0. The average Bonchev–Trinajstić information content (AvgIpc) is 2.04. The van der Waals surface area contributed by atoms with E-state index < -0.39 is 12.2 Å². The molecule has 0 aromatic heterocycles. The van der Waals surface area contributed by atoms with E-state index in [1.165, 1.54) is 0 Å². The van der Waals surface area contributed by atoms with Crippen LogP contribution in [0.3, 0.4) is 0 Å². The van der Waals surface area contributed by atoms with E-state index in [9.17, 15) is 0 Å². The van der Waals surface area contributed by atoms with Gasteiger partial charge in [0.1, 0.15) is 0 Å². The van der Waals surface area contributed by atoms with Crippen LogP contribution >= 0.6 is 0 Å². The quantitative estimate of drug-likeness (QED) is 0.381. The van der Waals surface area contributed by atoms with Gasteiger partial charge >= 0.3 is 0 Å². The molecule has 0 saturated carbocycles. The van der Waals surface area contributed by atoms with E-state index >= 15 is 0 Å². The zero-order chi connectivity index (χ0) is 9.40. The Morgan fingerprint density at radius 1 is 1.25 bits per heavy atom. The lowest BCUT2D eigenvalue weighted by atomic mass is 10.3. The van der Waals surface area contributed by atoms with E-state index in [0.29, 0.717) is 6.42 Å². The number of nitrogens with one attached hydrogen (secondary N) is 1. The van der Waals surface area contributed by atoms with Crippen molar-refractivity contribution in [3.8, 4) is 0 Å². The van der Waals surface area contributed by atoms with Crippen LogP contribution in [0, 0.1) is 0 Å². The summed E-state index contributed by atoms with van der Waals surface area (Å²) >= 11 is 0. The molecule has 5 heteroatoms. The van der Waals surface area contributed by atoms with Gasteiger partial charge < -0.3 is 20.2 Å². The van der Waals surface area contributed by atoms with Crippen LogP contribution in [0.1, 0.15) is 13.3 Å². The molecule has 0 fully saturated rings. The third kappa shape index (κ3) is 6.51. The molecule has 0 aromatic carbocycles. The van der Waals surface area contributed by atoms with Crippen molar-refractivity contribution in [1.82, 2.24) is 5.48 Å². The van der Waals surface area contributed by atoms with Crippen molar-refractivity contribution >= 4 is 0 Å². The van der Waals surface area contributed by atoms with Gasteiger partial charge in [0.2, 0.25) is 0 Å². The molecule has 74 valence electrons. The van der Waals surface area contributed by atoms with E-state index in [1.807, 2.05) is 12.4 Å². The number of hydroxylamine groups is 1. The zero-order valence-electron chi connectivity index (χ0n) is 7.23. The van der Waals surface area contributed by atoms with Gasteiger partial charge in [-0.3, -0.25) is 0 Å². The van der Waals surface area contributed by atoms with Gasteiger partial charge in [0.05, 0.1) is 25.4 Å². The summed E-state index contributed by atoms with van der Waals surface area (Å²) in [5.41, 5.74) is 1.83. The second kappa shape index (κ2) is 7.45. The molecule has 2 atom stereocenters. The van der Waals surface area contributed by atoms with Crippen molar-refractivity contribution in [1.29, 1.82) is 0 Å². The predicted molar refractivity (Wildman–Crippen MR) is 42.9 cm³/mol. The van der Waals surface area contributed by atoms with Gasteiger partial charge in [0.15, 0.2) is 0 Å². The predicted octanol–water partition coefficient (Wildman–Crippen LogP) is -0.886. The van der Waals surface area contributed by atoms with Gasteiger partial charge in [-0.15, -0.1) is 0 Å². The SMILES string of the molecule is CCC(O)COCC(O)CNO. The van der Waals surface area contributed by atoms with Crippen LogP contribution in [0.2, 0.25) is 0 Å². The first-order valence-corrected chi connectivity index (χ1v) is 4.01. The summed E-state index contributed by atoms with van der Waals surface area (Å²) in [6.45, 7) is 2.26. The molecule has 0 bridgehead atoms. The Morgan fingerprint density at radius 3 is 2.33 bits per heavy atom. The van der Waals surface area contributed by atoms with Gasteiger partial charge in [0.25, 0.3) is 0 Å². The van der Waals surface area contributed by atoms with Crippen molar-refractivity contribution in [2.75, 3.05) is 19.8 Å². The first-order valence-electron chi connectivity index (χ1n) is 4.01. The number of aliphatic hydroxyl groups excluding tert-OH is 2. The van der Waals surface area contributed by atoms with Crippen LogP contribution in [0.5, 0.6) is 0 Å². The molecule has 0 radical (unpaired) electrons. The summed E-state index contributed by atoms with van der Waals surface area (Å²) in [5.74, 6) is 0. The molecule has 0 aliphatic heterocycles. The van der Waals surface area contributed by atoms with E-state index in [0.717, 1.165) is 0 Å². The molecule has 0 aliphatic rings. The van der Waals surface area contributed by atoms with Crippen LogP contribution in [0.4, 0.5) is 0 Å². The molecule has 0 aliphatic carbocycles. The van der Waals surface area contributed by atoms with E-state index in [2.05, 4.69) is 0 Å². The number of hydrogen-bond donors (Lipinski definition) is 4. The smallest absolute Gasteiger partial charge is 0.0920 e. The van der Waals surface area contributed by atoms with Gasteiger partial charge in [-0.1, -0.05) is 6.92 Å². The zero-order valence-corrected chi connectivity index (χ0v) is 7.23. The standard InChI is InChI=1S/C7H17NO4/c1-2-6(9)4-12-5-7(10)3-8-11/h6-11H,2-5H2,1H3. The first-order chi connectivity index (χ1) is 5.70. The van der Waals surface area contributed by atoms with Crippen LogP contribution in [-0.2, 0) is 4.74 Å². The Bertz CT molecular complexity index is 101. The Balaban J connectivity index is 3.18. The van der Waals surface area contributed by atoms with Crippen molar-refractivity contribution in [2.45, 2.75) is 25.6 Å². The highest BCUT2D eigenvalue weighted by Crippen LogP contribution is 1.91. The summed E-state index contributed by atoms with van der Waals surface area (Å²) in [4.78, 5) is 0.